The van der Waals surface area contributed by atoms with E-state index in [0.717, 1.165) is 31.9 Å². The average molecular weight is 439 g/mol. The molecule has 2 aromatic rings. The van der Waals surface area contributed by atoms with Gasteiger partial charge in [0.2, 0.25) is 17.8 Å². The topological polar surface area (TPSA) is 94.1 Å². The first-order valence-corrected chi connectivity index (χ1v) is 9.67. The summed E-state index contributed by atoms with van der Waals surface area (Å²) < 4.78 is 21.7. The van der Waals surface area contributed by atoms with Crippen molar-refractivity contribution >= 4 is 35.9 Å². The van der Waals surface area contributed by atoms with Crippen LogP contribution in [0.3, 0.4) is 0 Å². The van der Waals surface area contributed by atoms with Crippen molar-refractivity contribution < 1.29 is 18.9 Å². The summed E-state index contributed by atoms with van der Waals surface area (Å²) in [5.41, 5.74) is 0.721. The number of benzene rings is 1. The molecule has 2 aliphatic heterocycles. The lowest BCUT2D eigenvalue weighted by Crippen LogP contribution is -2.40. The van der Waals surface area contributed by atoms with Gasteiger partial charge in [-0.15, -0.1) is 12.4 Å². The van der Waals surface area contributed by atoms with Gasteiger partial charge in [-0.1, -0.05) is 0 Å². The summed E-state index contributed by atoms with van der Waals surface area (Å²) in [7, 11) is 3.25. The van der Waals surface area contributed by atoms with Crippen LogP contribution in [0, 0.1) is 0 Å². The summed E-state index contributed by atoms with van der Waals surface area (Å²) in [4.78, 5) is 18.3. The van der Waals surface area contributed by atoms with Crippen molar-refractivity contribution in [2.75, 3.05) is 81.9 Å². The Hall–Kier alpha value is -2.56. The first-order chi connectivity index (χ1) is 14.3. The van der Waals surface area contributed by atoms with Gasteiger partial charge in [-0.05, 0) is 12.1 Å². The Morgan fingerprint density at radius 2 is 1.40 bits per heavy atom. The Kier molecular flexibility index (Phi) is 7.72. The van der Waals surface area contributed by atoms with E-state index in [1.54, 1.807) is 14.2 Å². The number of halogens is 1. The second kappa shape index (κ2) is 10.5. The number of morpholine rings is 2. The van der Waals surface area contributed by atoms with Gasteiger partial charge in [-0.25, -0.2) is 0 Å². The molecule has 0 saturated carbocycles. The third-order valence-electron chi connectivity index (χ3n) is 4.85. The second-order valence-electron chi connectivity index (χ2n) is 6.65. The van der Waals surface area contributed by atoms with E-state index >= 15 is 0 Å². The number of hydrogen-bond acceptors (Lipinski definition) is 10. The van der Waals surface area contributed by atoms with Crippen LogP contribution < -0.4 is 24.6 Å². The van der Waals surface area contributed by atoms with E-state index in [1.165, 1.54) is 0 Å². The number of ether oxygens (including phenoxy) is 4. The van der Waals surface area contributed by atoms with Gasteiger partial charge < -0.3 is 34.1 Å². The largest absolute Gasteiger partial charge is 0.497 e. The van der Waals surface area contributed by atoms with Gasteiger partial charge in [0, 0.05) is 32.2 Å². The van der Waals surface area contributed by atoms with E-state index in [0.29, 0.717) is 55.8 Å². The predicted octanol–water partition coefficient (Wildman–Crippen LogP) is 1.73. The summed E-state index contributed by atoms with van der Waals surface area (Å²) in [6.45, 7) is 5.61. The summed E-state index contributed by atoms with van der Waals surface area (Å²) >= 11 is 0. The van der Waals surface area contributed by atoms with E-state index in [9.17, 15) is 0 Å². The minimum absolute atomic E-state index is 0. The molecule has 1 aromatic heterocycles. The molecule has 10 nitrogen and oxygen atoms in total. The van der Waals surface area contributed by atoms with Crippen molar-refractivity contribution in [2.45, 2.75) is 0 Å². The lowest BCUT2D eigenvalue weighted by atomic mass is 10.2. The number of nitrogens with zero attached hydrogens (tertiary/aromatic N) is 5. The third-order valence-corrected chi connectivity index (χ3v) is 4.85. The fourth-order valence-corrected chi connectivity index (χ4v) is 3.25. The van der Waals surface area contributed by atoms with Crippen molar-refractivity contribution in [3.63, 3.8) is 0 Å². The molecule has 164 valence electrons. The smallest absolute Gasteiger partial charge is 0.233 e. The summed E-state index contributed by atoms with van der Waals surface area (Å²) in [6, 6.07) is 5.54. The van der Waals surface area contributed by atoms with Gasteiger partial charge in [0.25, 0.3) is 0 Å². The van der Waals surface area contributed by atoms with E-state index < -0.39 is 0 Å². The molecule has 0 spiro atoms. The number of anilines is 4. The Balaban J connectivity index is 0.00000256. The predicted molar refractivity (Wildman–Crippen MR) is 116 cm³/mol. The molecule has 3 heterocycles. The molecule has 11 heteroatoms. The number of hydrogen-bond donors (Lipinski definition) is 1. The molecule has 0 aliphatic carbocycles. The van der Waals surface area contributed by atoms with Crippen LogP contribution in [0.25, 0.3) is 0 Å². The van der Waals surface area contributed by atoms with Crippen molar-refractivity contribution in [1.29, 1.82) is 0 Å². The highest BCUT2D eigenvalue weighted by molar-refractivity contribution is 5.85. The molecule has 0 amide bonds. The fourth-order valence-electron chi connectivity index (χ4n) is 3.25. The standard InChI is InChI=1S/C19H26N6O4.ClH/c1-26-14-3-4-16(27-2)15(13-14)20-17-21-18(24-5-9-28-10-6-24)23-19(22-17)25-7-11-29-12-8-25;/h3-4,13H,5-12H2,1-2H3,(H,20,21,22,23);1H. The molecule has 1 aromatic carbocycles. The van der Waals surface area contributed by atoms with Crippen molar-refractivity contribution in [3.8, 4) is 11.5 Å². The fraction of sp³-hybridized carbons (Fsp3) is 0.526. The molecule has 2 aliphatic rings. The molecule has 0 atom stereocenters. The summed E-state index contributed by atoms with van der Waals surface area (Å²) in [5.74, 6) is 3.11. The summed E-state index contributed by atoms with van der Waals surface area (Å²) in [6.07, 6.45) is 0. The van der Waals surface area contributed by atoms with Crippen LogP contribution in [-0.4, -0.2) is 81.8 Å². The number of methoxy groups -OCH3 is 2. The van der Waals surface area contributed by atoms with Gasteiger partial charge in [0.1, 0.15) is 11.5 Å². The zero-order chi connectivity index (χ0) is 20.1. The van der Waals surface area contributed by atoms with Crippen LogP contribution in [0.1, 0.15) is 0 Å². The van der Waals surface area contributed by atoms with Crippen LogP contribution in [0.15, 0.2) is 18.2 Å². The zero-order valence-corrected chi connectivity index (χ0v) is 18.0. The maximum absolute atomic E-state index is 5.47. The van der Waals surface area contributed by atoms with Crippen LogP contribution >= 0.6 is 12.4 Å². The van der Waals surface area contributed by atoms with Crippen molar-refractivity contribution in [1.82, 2.24) is 15.0 Å². The molecule has 1 N–H and O–H groups in total. The summed E-state index contributed by atoms with van der Waals surface area (Å²) in [5, 5.41) is 3.27. The van der Waals surface area contributed by atoms with Gasteiger partial charge in [0.15, 0.2) is 0 Å². The van der Waals surface area contributed by atoms with Crippen LogP contribution in [0.2, 0.25) is 0 Å². The molecular formula is C19H27ClN6O4. The first-order valence-electron chi connectivity index (χ1n) is 9.67. The van der Waals surface area contributed by atoms with Crippen molar-refractivity contribution in [2.24, 2.45) is 0 Å². The Labute approximate surface area is 181 Å². The molecule has 0 radical (unpaired) electrons. The maximum Gasteiger partial charge on any atom is 0.233 e. The van der Waals surface area contributed by atoms with Gasteiger partial charge >= 0.3 is 0 Å². The molecular weight excluding hydrogens is 412 g/mol. The molecule has 0 bridgehead atoms. The Bertz CT molecular complexity index is 794. The van der Waals surface area contributed by atoms with E-state index in [-0.39, 0.29) is 12.4 Å². The highest BCUT2D eigenvalue weighted by Crippen LogP contribution is 2.31. The monoisotopic (exact) mass is 438 g/mol. The number of nitrogens with one attached hydrogen (secondary N) is 1. The van der Waals surface area contributed by atoms with Crippen LogP contribution in [0.5, 0.6) is 11.5 Å². The van der Waals surface area contributed by atoms with Crippen LogP contribution in [-0.2, 0) is 9.47 Å². The molecule has 4 rings (SSSR count). The zero-order valence-electron chi connectivity index (χ0n) is 17.2. The molecule has 2 saturated heterocycles. The molecule has 30 heavy (non-hydrogen) atoms. The quantitative estimate of drug-likeness (QED) is 0.718. The van der Waals surface area contributed by atoms with E-state index in [2.05, 4.69) is 25.1 Å². The normalized spacial score (nSPS) is 16.6. The SMILES string of the molecule is COc1ccc(OC)c(Nc2nc(N3CCOCC3)nc(N3CCOCC3)n2)c1.Cl. The second-order valence-corrected chi connectivity index (χ2v) is 6.65. The first kappa shape index (κ1) is 22.1. The average Bonchev–Trinajstić information content (AvgIpc) is 2.80. The minimum Gasteiger partial charge on any atom is -0.497 e. The lowest BCUT2D eigenvalue weighted by Gasteiger charge is -2.30. The van der Waals surface area contributed by atoms with E-state index in [1.807, 2.05) is 18.2 Å². The van der Waals surface area contributed by atoms with Gasteiger partial charge in [0.05, 0.1) is 46.3 Å². The minimum atomic E-state index is 0. The maximum atomic E-state index is 5.47. The highest BCUT2D eigenvalue weighted by Gasteiger charge is 2.21. The Morgan fingerprint density at radius 3 is 1.90 bits per heavy atom. The molecule has 2 fully saturated rings. The highest BCUT2D eigenvalue weighted by atomic mass is 35.5. The van der Waals surface area contributed by atoms with E-state index in [4.69, 9.17) is 23.9 Å². The molecule has 0 unspecified atom stereocenters. The lowest BCUT2D eigenvalue weighted by molar-refractivity contribution is 0.121. The number of rotatable bonds is 6. The van der Waals surface area contributed by atoms with Gasteiger partial charge in [-0.2, -0.15) is 15.0 Å². The Morgan fingerprint density at radius 1 is 0.833 bits per heavy atom. The van der Waals surface area contributed by atoms with Gasteiger partial charge in [-0.3, -0.25) is 0 Å². The van der Waals surface area contributed by atoms with Crippen LogP contribution in [0.4, 0.5) is 23.5 Å². The number of aromatic nitrogens is 3. The third kappa shape index (κ3) is 5.13. The van der Waals surface area contributed by atoms with Crippen molar-refractivity contribution in [3.05, 3.63) is 18.2 Å².